The second kappa shape index (κ2) is 3.18. The van der Waals surface area contributed by atoms with Crippen LogP contribution in [0.15, 0.2) is 11.4 Å². The van der Waals surface area contributed by atoms with Crippen molar-refractivity contribution in [3.05, 3.63) is 27.8 Å². The summed E-state index contributed by atoms with van der Waals surface area (Å²) < 4.78 is 0. The van der Waals surface area contributed by atoms with Gasteiger partial charge in [-0.3, -0.25) is 0 Å². The highest BCUT2D eigenvalue weighted by Gasteiger charge is 2.25. The molecule has 0 radical (unpaired) electrons. The summed E-state index contributed by atoms with van der Waals surface area (Å²) in [5.74, 6) is 0.886. The molecule has 0 bridgehead atoms. The van der Waals surface area contributed by atoms with Gasteiger partial charge in [0.05, 0.1) is 11.2 Å². The number of H-pyrrole nitrogens is 1. The molecule has 0 aliphatic heterocycles. The number of aromatic nitrogens is 2. The van der Waals surface area contributed by atoms with E-state index >= 15 is 0 Å². The molecule has 0 saturated heterocycles. The van der Waals surface area contributed by atoms with Gasteiger partial charge in [0.15, 0.2) is 0 Å². The third kappa shape index (κ3) is 1.41. The van der Waals surface area contributed by atoms with E-state index in [2.05, 4.69) is 21.4 Å². The van der Waals surface area contributed by atoms with Gasteiger partial charge >= 0.3 is 0 Å². The maximum atomic E-state index is 6.07. The van der Waals surface area contributed by atoms with Crippen molar-refractivity contribution in [2.45, 2.75) is 32.2 Å². The number of hydrogen-bond acceptors (Lipinski definition) is 3. The predicted octanol–water partition coefficient (Wildman–Crippen LogP) is 2.43. The summed E-state index contributed by atoms with van der Waals surface area (Å²) in [6, 6.07) is 2.16. The summed E-state index contributed by atoms with van der Waals surface area (Å²) in [7, 11) is 0. The quantitative estimate of drug-likeness (QED) is 0.795. The first-order chi connectivity index (χ1) is 7.55. The summed E-state index contributed by atoms with van der Waals surface area (Å²) in [4.78, 5) is 9.48. The predicted molar refractivity (Wildman–Crippen MR) is 66.5 cm³/mol. The Kier molecular flexibility index (Phi) is 2.00. The number of rotatable bonds is 1. The van der Waals surface area contributed by atoms with Gasteiger partial charge in [-0.25, -0.2) is 4.98 Å². The second-order valence-corrected chi connectivity index (χ2v) is 5.89. The summed E-state index contributed by atoms with van der Waals surface area (Å²) >= 11 is 1.82. The van der Waals surface area contributed by atoms with Gasteiger partial charge in [-0.05, 0) is 38.1 Å². The molecule has 0 unspecified atom stereocenters. The first-order valence-corrected chi connectivity index (χ1v) is 6.38. The Morgan fingerprint density at radius 1 is 1.44 bits per heavy atom. The van der Waals surface area contributed by atoms with Crippen LogP contribution in [0.5, 0.6) is 0 Å². The molecule has 0 spiro atoms. The lowest BCUT2D eigenvalue weighted by Crippen LogP contribution is -2.30. The summed E-state index contributed by atoms with van der Waals surface area (Å²) in [5.41, 5.74) is 9.31. The van der Waals surface area contributed by atoms with Crippen LogP contribution in [0, 0.1) is 0 Å². The molecule has 4 heteroatoms. The fraction of sp³-hybridized carbons (Fsp3) is 0.417. The van der Waals surface area contributed by atoms with E-state index in [4.69, 9.17) is 5.73 Å². The van der Waals surface area contributed by atoms with E-state index in [1.165, 1.54) is 16.1 Å². The molecular weight excluding hydrogens is 218 g/mol. The fourth-order valence-electron chi connectivity index (χ4n) is 2.10. The fourth-order valence-corrected chi connectivity index (χ4v) is 2.98. The molecule has 0 fully saturated rings. The van der Waals surface area contributed by atoms with Gasteiger partial charge in [0.2, 0.25) is 0 Å². The van der Waals surface area contributed by atoms with Crippen LogP contribution in [-0.2, 0) is 18.4 Å². The Bertz CT molecular complexity index is 531. The normalized spacial score (nSPS) is 14.7. The molecule has 3 N–H and O–H groups in total. The van der Waals surface area contributed by atoms with Gasteiger partial charge in [0.1, 0.15) is 5.82 Å². The summed E-state index contributed by atoms with van der Waals surface area (Å²) in [6.07, 6.45) is 2.17. The first-order valence-electron chi connectivity index (χ1n) is 5.50. The minimum Gasteiger partial charge on any atom is -0.344 e. The van der Waals surface area contributed by atoms with Crippen molar-refractivity contribution >= 4 is 11.3 Å². The summed E-state index contributed by atoms with van der Waals surface area (Å²) in [5, 5.41) is 2.14. The van der Waals surface area contributed by atoms with Crippen molar-refractivity contribution in [2.24, 2.45) is 5.73 Å². The number of thiophene rings is 1. The van der Waals surface area contributed by atoms with Crippen LogP contribution < -0.4 is 5.73 Å². The van der Waals surface area contributed by atoms with Gasteiger partial charge in [0, 0.05) is 16.1 Å². The van der Waals surface area contributed by atoms with Gasteiger partial charge in [-0.1, -0.05) is 0 Å². The van der Waals surface area contributed by atoms with E-state index in [-0.39, 0.29) is 0 Å². The Labute approximate surface area is 98.7 Å². The number of nitrogens with one attached hydrogen (secondary N) is 1. The molecule has 2 heterocycles. The molecule has 1 aliphatic rings. The highest BCUT2D eigenvalue weighted by molar-refractivity contribution is 7.10. The number of nitrogens with zero attached hydrogens (tertiary/aromatic N) is 1. The zero-order valence-corrected chi connectivity index (χ0v) is 10.3. The number of imidazole rings is 1. The molecule has 1 aliphatic carbocycles. The molecule has 0 saturated carbocycles. The topological polar surface area (TPSA) is 54.7 Å². The van der Waals surface area contributed by atoms with E-state index in [9.17, 15) is 0 Å². The average Bonchev–Trinajstić information content (AvgIpc) is 2.81. The zero-order valence-electron chi connectivity index (χ0n) is 9.50. The minimum absolute atomic E-state index is 0.395. The third-order valence-electron chi connectivity index (χ3n) is 2.99. The highest BCUT2D eigenvalue weighted by Crippen LogP contribution is 2.36. The van der Waals surface area contributed by atoms with Crippen molar-refractivity contribution in [2.75, 3.05) is 0 Å². The average molecular weight is 233 g/mol. The molecule has 3 nitrogen and oxygen atoms in total. The van der Waals surface area contributed by atoms with Crippen molar-refractivity contribution in [3.63, 3.8) is 0 Å². The number of aromatic amines is 1. The lowest BCUT2D eigenvalue weighted by molar-refractivity contribution is 0.519. The van der Waals surface area contributed by atoms with E-state index in [0.717, 1.165) is 24.4 Å². The summed E-state index contributed by atoms with van der Waals surface area (Å²) in [6.45, 7) is 3.96. The van der Waals surface area contributed by atoms with Crippen molar-refractivity contribution in [1.29, 1.82) is 0 Å². The molecule has 2 aromatic rings. The van der Waals surface area contributed by atoms with Crippen LogP contribution in [0.4, 0.5) is 0 Å². The van der Waals surface area contributed by atoms with Crippen LogP contribution in [0.2, 0.25) is 0 Å². The third-order valence-corrected chi connectivity index (χ3v) is 3.97. The van der Waals surface area contributed by atoms with Crippen LogP contribution in [0.1, 0.15) is 30.2 Å². The van der Waals surface area contributed by atoms with E-state index in [0.29, 0.717) is 0 Å². The van der Waals surface area contributed by atoms with Crippen molar-refractivity contribution in [3.8, 4) is 11.3 Å². The molecule has 2 aromatic heterocycles. The van der Waals surface area contributed by atoms with Gasteiger partial charge in [0.25, 0.3) is 0 Å². The second-order valence-electron chi connectivity index (χ2n) is 4.89. The zero-order chi connectivity index (χ0) is 11.3. The van der Waals surface area contributed by atoms with Crippen LogP contribution in [0.3, 0.4) is 0 Å². The van der Waals surface area contributed by atoms with Gasteiger partial charge in [-0.2, -0.15) is 0 Å². The lowest BCUT2D eigenvalue weighted by atomic mass is 10.0. The van der Waals surface area contributed by atoms with Gasteiger partial charge in [-0.15, -0.1) is 11.3 Å². The standard InChI is InChI=1S/C12H15N3S/c1-12(2,13)11-14-8-3-4-9-7(5-6-16-9)10(8)15-11/h5-6H,3-4,13H2,1-2H3,(H,14,15). The molecule has 3 rings (SSSR count). The monoisotopic (exact) mass is 233 g/mol. The van der Waals surface area contributed by atoms with Gasteiger partial charge < -0.3 is 10.7 Å². The van der Waals surface area contributed by atoms with Crippen molar-refractivity contribution < 1.29 is 0 Å². The Hall–Kier alpha value is -1.13. The SMILES string of the molecule is CC(C)(N)c1nc2c([nH]1)CCc1sccc1-2. The van der Waals surface area contributed by atoms with Crippen LogP contribution >= 0.6 is 11.3 Å². The largest absolute Gasteiger partial charge is 0.344 e. The lowest BCUT2D eigenvalue weighted by Gasteiger charge is -2.14. The number of fused-ring (bicyclic) bond motifs is 3. The molecule has 0 atom stereocenters. The molecular formula is C12H15N3S. The molecule has 84 valence electrons. The Balaban J connectivity index is 2.16. The Morgan fingerprint density at radius 2 is 2.25 bits per heavy atom. The van der Waals surface area contributed by atoms with E-state index < -0.39 is 5.54 Å². The minimum atomic E-state index is -0.395. The Morgan fingerprint density at radius 3 is 3.00 bits per heavy atom. The highest BCUT2D eigenvalue weighted by atomic mass is 32.1. The van der Waals surface area contributed by atoms with Crippen LogP contribution in [0.25, 0.3) is 11.3 Å². The smallest absolute Gasteiger partial charge is 0.126 e. The molecule has 16 heavy (non-hydrogen) atoms. The number of aryl methyl sites for hydroxylation is 2. The maximum absolute atomic E-state index is 6.07. The van der Waals surface area contributed by atoms with E-state index in [1.54, 1.807) is 0 Å². The first kappa shape index (κ1) is 10.1. The number of nitrogens with two attached hydrogens (primary N) is 1. The molecule has 0 aromatic carbocycles. The van der Waals surface area contributed by atoms with Crippen LogP contribution in [-0.4, -0.2) is 9.97 Å². The van der Waals surface area contributed by atoms with Crippen molar-refractivity contribution in [1.82, 2.24) is 9.97 Å². The van der Waals surface area contributed by atoms with E-state index in [1.807, 2.05) is 25.2 Å². The number of hydrogen-bond donors (Lipinski definition) is 2. The molecule has 0 amide bonds. The maximum Gasteiger partial charge on any atom is 0.126 e.